The minimum Gasteiger partial charge on any atom is -0.378 e. The van der Waals surface area contributed by atoms with Crippen molar-refractivity contribution in [3.8, 4) is 0 Å². The highest BCUT2D eigenvalue weighted by Crippen LogP contribution is 2.35. The zero-order chi connectivity index (χ0) is 19.4. The molecule has 6 rings (SSSR count). The summed E-state index contributed by atoms with van der Waals surface area (Å²) in [6, 6.07) is 11.6. The first kappa shape index (κ1) is 17.2. The molecule has 1 saturated heterocycles. The van der Waals surface area contributed by atoms with E-state index in [-0.39, 0.29) is 5.82 Å². The summed E-state index contributed by atoms with van der Waals surface area (Å²) in [7, 11) is 0. The minimum atomic E-state index is -0.196. The van der Waals surface area contributed by atoms with Crippen molar-refractivity contribution in [3.63, 3.8) is 0 Å². The standard InChI is InChI=1S/C22H21FN4OS/c23-14-1-3-16-17-13-27(6-5-18(17)24-19(16)11-14)15-2-4-21-20(12-15)25-22(29-21)26-7-9-28-10-8-26/h1-4,11-12,24H,5-10,13H2. The molecular formula is C22H21FN4OS. The number of halogens is 1. The minimum absolute atomic E-state index is 0.196. The van der Waals surface area contributed by atoms with Gasteiger partial charge < -0.3 is 19.5 Å². The number of aromatic nitrogens is 2. The van der Waals surface area contributed by atoms with E-state index >= 15 is 0 Å². The Morgan fingerprint density at radius 2 is 1.93 bits per heavy atom. The summed E-state index contributed by atoms with van der Waals surface area (Å²) in [6.07, 6.45) is 0.930. The smallest absolute Gasteiger partial charge is 0.186 e. The van der Waals surface area contributed by atoms with Gasteiger partial charge in [0, 0.05) is 60.4 Å². The van der Waals surface area contributed by atoms with Gasteiger partial charge >= 0.3 is 0 Å². The molecule has 7 heteroatoms. The predicted octanol–water partition coefficient (Wildman–Crippen LogP) is 4.32. The van der Waals surface area contributed by atoms with Gasteiger partial charge in [-0.1, -0.05) is 11.3 Å². The monoisotopic (exact) mass is 408 g/mol. The molecule has 148 valence electrons. The topological polar surface area (TPSA) is 44.4 Å². The largest absolute Gasteiger partial charge is 0.378 e. The number of benzene rings is 2. The highest BCUT2D eigenvalue weighted by Gasteiger charge is 2.22. The van der Waals surface area contributed by atoms with Crippen molar-refractivity contribution in [2.45, 2.75) is 13.0 Å². The number of nitrogens with one attached hydrogen (secondary N) is 1. The summed E-state index contributed by atoms with van der Waals surface area (Å²) in [4.78, 5) is 13.0. The van der Waals surface area contributed by atoms with Crippen molar-refractivity contribution < 1.29 is 9.13 Å². The van der Waals surface area contributed by atoms with Crippen LogP contribution in [-0.4, -0.2) is 42.8 Å². The fraction of sp³-hybridized carbons (Fsp3) is 0.318. The van der Waals surface area contributed by atoms with E-state index in [1.165, 1.54) is 21.6 Å². The van der Waals surface area contributed by atoms with Crippen LogP contribution in [0, 0.1) is 5.82 Å². The lowest BCUT2D eigenvalue weighted by Crippen LogP contribution is -2.36. The number of thiazole rings is 1. The van der Waals surface area contributed by atoms with Crippen LogP contribution in [0.3, 0.4) is 0 Å². The van der Waals surface area contributed by atoms with Gasteiger partial charge in [-0.25, -0.2) is 9.37 Å². The Bertz CT molecular complexity index is 1210. The van der Waals surface area contributed by atoms with Crippen molar-refractivity contribution in [2.75, 3.05) is 42.6 Å². The number of anilines is 2. The van der Waals surface area contributed by atoms with Crippen LogP contribution in [0.15, 0.2) is 36.4 Å². The van der Waals surface area contributed by atoms with Crippen LogP contribution in [-0.2, 0) is 17.7 Å². The highest BCUT2D eigenvalue weighted by molar-refractivity contribution is 7.22. The molecule has 1 fully saturated rings. The second kappa shape index (κ2) is 6.71. The van der Waals surface area contributed by atoms with Crippen molar-refractivity contribution in [1.82, 2.24) is 9.97 Å². The molecule has 0 amide bonds. The van der Waals surface area contributed by atoms with Crippen molar-refractivity contribution >= 4 is 43.3 Å². The number of nitrogens with zero attached hydrogens (tertiary/aromatic N) is 3. The molecule has 29 heavy (non-hydrogen) atoms. The number of fused-ring (bicyclic) bond motifs is 4. The zero-order valence-corrected chi connectivity index (χ0v) is 16.8. The number of morpholine rings is 1. The summed E-state index contributed by atoms with van der Waals surface area (Å²) < 4.78 is 20.3. The maximum absolute atomic E-state index is 13.6. The Labute approximate surface area is 171 Å². The molecule has 0 saturated carbocycles. The maximum atomic E-state index is 13.6. The average molecular weight is 409 g/mol. The molecule has 0 unspecified atom stereocenters. The van der Waals surface area contributed by atoms with Crippen LogP contribution in [0.4, 0.5) is 15.2 Å². The lowest BCUT2D eigenvalue weighted by molar-refractivity contribution is 0.122. The number of H-pyrrole nitrogens is 1. The van der Waals surface area contributed by atoms with Gasteiger partial charge in [-0.3, -0.25) is 0 Å². The third kappa shape index (κ3) is 2.96. The number of hydrogen-bond donors (Lipinski definition) is 1. The van der Waals surface area contributed by atoms with Crippen LogP contribution >= 0.6 is 11.3 Å². The van der Waals surface area contributed by atoms with Crippen LogP contribution in [0.1, 0.15) is 11.3 Å². The van der Waals surface area contributed by atoms with E-state index in [4.69, 9.17) is 9.72 Å². The summed E-state index contributed by atoms with van der Waals surface area (Å²) in [5.74, 6) is -0.196. The van der Waals surface area contributed by atoms with Gasteiger partial charge in [0.1, 0.15) is 5.82 Å². The molecule has 1 N–H and O–H groups in total. The third-order valence-electron chi connectivity index (χ3n) is 5.94. The van der Waals surface area contributed by atoms with E-state index in [9.17, 15) is 4.39 Å². The van der Waals surface area contributed by atoms with Gasteiger partial charge in [0.05, 0.1) is 23.4 Å². The fourth-order valence-corrected chi connectivity index (χ4v) is 5.40. The molecule has 0 aliphatic carbocycles. The van der Waals surface area contributed by atoms with Crippen LogP contribution in [0.5, 0.6) is 0 Å². The van der Waals surface area contributed by atoms with Gasteiger partial charge in [0.15, 0.2) is 5.13 Å². The molecule has 0 spiro atoms. The zero-order valence-electron chi connectivity index (χ0n) is 15.9. The third-order valence-corrected chi connectivity index (χ3v) is 7.04. The number of rotatable bonds is 2. The Morgan fingerprint density at radius 3 is 2.83 bits per heavy atom. The first-order valence-electron chi connectivity index (χ1n) is 10.0. The van der Waals surface area contributed by atoms with Gasteiger partial charge in [-0.2, -0.15) is 0 Å². The first-order chi connectivity index (χ1) is 14.2. The van der Waals surface area contributed by atoms with E-state index in [0.717, 1.165) is 67.4 Å². The molecule has 2 aromatic carbocycles. The Hall–Kier alpha value is -2.64. The quantitative estimate of drug-likeness (QED) is 0.537. The van der Waals surface area contributed by atoms with Gasteiger partial charge in [-0.15, -0.1) is 0 Å². The Morgan fingerprint density at radius 1 is 1.03 bits per heavy atom. The van der Waals surface area contributed by atoms with Crippen molar-refractivity contribution in [3.05, 3.63) is 53.5 Å². The summed E-state index contributed by atoms with van der Waals surface area (Å²) in [5.41, 5.74) is 5.64. The first-order valence-corrected chi connectivity index (χ1v) is 10.8. The molecule has 0 bridgehead atoms. The number of ether oxygens (including phenoxy) is 1. The molecule has 5 nitrogen and oxygen atoms in total. The number of aromatic amines is 1. The highest BCUT2D eigenvalue weighted by atomic mass is 32.1. The fourth-order valence-electron chi connectivity index (χ4n) is 4.40. The Kier molecular flexibility index (Phi) is 3.99. The predicted molar refractivity (Wildman–Crippen MR) is 116 cm³/mol. The summed E-state index contributed by atoms with van der Waals surface area (Å²) in [5, 5.41) is 2.20. The average Bonchev–Trinajstić information content (AvgIpc) is 3.34. The normalized spacial score (nSPS) is 17.3. The summed E-state index contributed by atoms with van der Waals surface area (Å²) in [6.45, 7) is 5.12. The second-order valence-electron chi connectivity index (χ2n) is 7.69. The Balaban J connectivity index is 1.32. The second-order valence-corrected chi connectivity index (χ2v) is 8.70. The maximum Gasteiger partial charge on any atom is 0.186 e. The lowest BCUT2D eigenvalue weighted by Gasteiger charge is -2.29. The van der Waals surface area contributed by atoms with Gasteiger partial charge in [-0.05, 0) is 36.4 Å². The number of hydrogen-bond acceptors (Lipinski definition) is 5. The van der Waals surface area contributed by atoms with Gasteiger partial charge in [0.25, 0.3) is 0 Å². The van der Waals surface area contributed by atoms with Crippen LogP contribution in [0.2, 0.25) is 0 Å². The van der Waals surface area contributed by atoms with E-state index in [0.29, 0.717) is 0 Å². The van der Waals surface area contributed by atoms with E-state index in [1.54, 1.807) is 23.5 Å². The molecule has 4 heterocycles. The van der Waals surface area contributed by atoms with Crippen LogP contribution < -0.4 is 9.80 Å². The summed E-state index contributed by atoms with van der Waals surface area (Å²) >= 11 is 1.75. The molecular weight excluding hydrogens is 387 g/mol. The molecule has 0 radical (unpaired) electrons. The van der Waals surface area contributed by atoms with E-state index in [1.807, 2.05) is 6.07 Å². The molecule has 4 aromatic rings. The lowest BCUT2D eigenvalue weighted by atomic mass is 10.0. The van der Waals surface area contributed by atoms with Crippen molar-refractivity contribution in [2.24, 2.45) is 0 Å². The van der Waals surface area contributed by atoms with Crippen molar-refractivity contribution in [1.29, 1.82) is 0 Å². The SMILES string of the molecule is Fc1ccc2c3c([nH]c2c1)CCN(c1ccc2sc(N4CCOCC4)nc2c1)C3. The van der Waals surface area contributed by atoms with Gasteiger partial charge in [0.2, 0.25) is 0 Å². The van der Waals surface area contributed by atoms with E-state index < -0.39 is 0 Å². The van der Waals surface area contributed by atoms with E-state index in [2.05, 4.69) is 33.0 Å². The molecule has 2 aliphatic heterocycles. The molecule has 2 aliphatic rings. The molecule has 2 aromatic heterocycles. The van der Waals surface area contributed by atoms with Crippen LogP contribution in [0.25, 0.3) is 21.1 Å². The molecule has 0 atom stereocenters.